The van der Waals surface area contributed by atoms with Crippen LogP contribution in [0.15, 0.2) is 5.16 Å². The highest BCUT2D eigenvalue weighted by molar-refractivity contribution is 5.81. The maximum atomic E-state index is 8.24. The summed E-state index contributed by atoms with van der Waals surface area (Å²) in [5, 5.41) is 11.1. The van der Waals surface area contributed by atoms with Gasteiger partial charge in [-0.25, -0.2) is 0 Å². The van der Waals surface area contributed by atoms with Gasteiger partial charge in [-0.3, -0.25) is 0 Å². The van der Waals surface area contributed by atoms with E-state index >= 15 is 0 Å². The van der Waals surface area contributed by atoms with E-state index in [2.05, 4.69) is 5.16 Å². The number of oxime groups is 1. The molecule has 4 nitrogen and oxygen atoms in total. The molecule has 2 atom stereocenters. The third kappa shape index (κ3) is 1.13. The first-order valence-corrected chi connectivity index (χ1v) is 2.78. The van der Waals surface area contributed by atoms with E-state index in [4.69, 9.17) is 14.7 Å². The zero-order valence-electron chi connectivity index (χ0n) is 5.37. The molecule has 4 heteroatoms. The molecule has 0 spiro atoms. The van der Waals surface area contributed by atoms with Gasteiger partial charge >= 0.3 is 0 Å². The van der Waals surface area contributed by atoms with Gasteiger partial charge in [0.15, 0.2) is 6.29 Å². The standard InChI is InChI=1S/C5H9NO3/c1-3-5(6-7)9-4(2)8-3/h3-4,7H,1-2H3/b6-5-/t3-,4+/m0/s1. The molecule has 52 valence electrons. The molecule has 1 heterocycles. The first-order chi connectivity index (χ1) is 4.24. The van der Waals surface area contributed by atoms with Gasteiger partial charge in [0.05, 0.1) is 0 Å². The van der Waals surface area contributed by atoms with Crippen molar-refractivity contribution in [2.24, 2.45) is 5.16 Å². The SMILES string of the molecule is C[C@H]1O/C(=N\O)[C@H](C)O1. The van der Waals surface area contributed by atoms with Crippen LogP contribution in [-0.4, -0.2) is 23.5 Å². The van der Waals surface area contributed by atoms with Crippen molar-refractivity contribution in [3.63, 3.8) is 0 Å². The molecule has 1 N–H and O–H groups in total. The predicted molar refractivity (Wildman–Crippen MR) is 30.3 cm³/mol. The average molecular weight is 131 g/mol. The van der Waals surface area contributed by atoms with Crippen LogP contribution in [0.1, 0.15) is 13.8 Å². The van der Waals surface area contributed by atoms with Crippen molar-refractivity contribution >= 4 is 5.90 Å². The highest BCUT2D eigenvalue weighted by Crippen LogP contribution is 2.12. The van der Waals surface area contributed by atoms with E-state index in [1.165, 1.54) is 0 Å². The molecule has 0 saturated carbocycles. The van der Waals surface area contributed by atoms with Crippen LogP contribution in [0, 0.1) is 0 Å². The van der Waals surface area contributed by atoms with Crippen LogP contribution in [0.2, 0.25) is 0 Å². The van der Waals surface area contributed by atoms with Crippen molar-refractivity contribution in [3.8, 4) is 0 Å². The largest absolute Gasteiger partial charge is 0.447 e. The van der Waals surface area contributed by atoms with E-state index in [9.17, 15) is 0 Å². The quantitative estimate of drug-likeness (QED) is 0.386. The molecule has 1 saturated heterocycles. The van der Waals surface area contributed by atoms with Gasteiger partial charge in [0.25, 0.3) is 5.90 Å². The van der Waals surface area contributed by atoms with E-state index in [1.807, 2.05) is 0 Å². The average Bonchev–Trinajstić information content (AvgIpc) is 2.10. The summed E-state index contributed by atoms with van der Waals surface area (Å²) in [6.07, 6.45) is -0.504. The lowest BCUT2D eigenvalue weighted by Gasteiger charge is -1.97. The van der Waals surface area contributed by atoms with Crippen molar-refractivity contribution in [1.29, 1.82) is 0 Å². The zero-order valence-corrected chi connectivity index (χ0v) is 5.37. The van der Waals surface area contributed by atoms with Crippen LogP contribution in [0.5, 0.6) is 0 Å². The second-order valence-electron chi connectivity index (χ2n) is 1.90. The second kappa shape index (κ2) is 2.23. The Bertz CT molecular complexity index is 134. The summed E-state index contributed by atoms with van der Waals surface area (Å²) in [5.74, 6) is 0.252. The Morgan fingerprint density at radius 3 is 2.44 bits per heavy atom. The predicted octanol–water partition coefficient (Wildman–Crippen LogP) is 0.555. The highest BCUT2D eigenvalue weighted by Gasteiger charge is 2.26. The van der Waals surface area contributed by atoms with Crippen molar-refractivity contribution in [3.05, 3.63) is 0 Å². The molecular formula is C5H9NO3. The number of ether oxygens (including phenoxy) is 2. The molecule has 1 aliphatic heterocycles. The fourth-order valence-corrected chi connectivity index (χ4v) is 0.744. The van der Waals surface area contributed by atoms with Crippen molar-refractivity contribution < 1.29 is 14.7 Å². The van der Waals surface area contributed by atoms with Gasteiger partial charge in [0, 0.05) is 0 Å². The summed E-state index contributed by atoms with van der Waals surface area (Å²) in [7, 11) is 0. The van der Waals surface area contributed by atoms with Crippen molar-refractivity contribution in [2.45, 2.75) is 26.2 Å². The molecule has 0 aromatic carbocycles. The van der Waals surface area contributed by atoms with Gasteiger partial charge in [0.1, 0.15) is 6.10 Å². The summed E-state index contributed by atoms with van der Waals surface area (Å²) in [4.78, 5) is 0. The van der Waals surface area contributed by atoms with Crippen LogP contribution in [0.25, 0.3) is 0 Å². The van der Waals surface area contributed by atoms with Crippen molar-refractivity contribution in [1.82, 2.24) is 0 Å². The van der Waals surface area contributed by atoms with Gasteiger partial charge in [-0.2, -0.15) is 0 Å². The van der Waals surface area contributed by atoms with E-state index in [-0.39, 0.29) is 18.3 Å². The Balaban J connectivity index is 2.58. The fraction of sp³-hybridized carbons (Fsp3) is 0.800. The van der Waals surface area contributed by atoms with E-state index < -0.39 is 0 Å². The van der Waals surface area contributed by atoms with Crippen molar-refractivity contribution in [2.75, 3.05) is 0 Å². The lowest BCUT2D eigenvalue weighted by atomic mass is 10.4. The molecule has 1 aliphatic rings. The summed E-state index contributed by atoms with van der Waals surface area (Å²) in [5.41, 5.74) is 0. The number of hydrogen-bond donors (Lipinski definition) is 1. The Hall–Kier alpha value is -0.770. The third-order valence-electron chi connectivity index (χ3n) is 1.13. The zero-order chi connectivity index (χ0) is 6.85. The molecule has 0 aromatic rings. The van der Waals surface area contributed by atoms with E-state index in [1.54, 1.807) is 13.8 Å². The summed E-state index contributed by atoms with van der Waals surface area (Å²) < 4.78 is 9.95. The minimum Gasteiger partial charge on any atom is -0.447 e. The van der Waals surface area contributed by atoms with Crippen LogP contribution in [0.3, 0.4) is 0 Å². The topological polar surface area (TPSA) is 51.0 Å². The number of nitrogens with zero attached hydrogens (tertiary/aromatic N) is 1. The smallest absolute Gasteiger partial charge is 0.257 e. The fourth-order valence-electron chi connectivity index (χ4n) is 0.744. The molecule has 0 radical (unpaired) electrons. The van der Waals surface area contributed by atoms with Crippen LogP contribution in [-0.2, 0) is 9.47 Å². The Kier molecular flexibility index (Phi) is 1.57. The normalized spacial score (nSPS) is 39.1. The van der Waals surface area contributed by atoms with E-state index in [0.29, 0.717) is 0 Å². The molecule has 1 rings (SSSR count). The first-order valence-electron chi connectivity index (χ1n) is 2.78. The van der Waals surface area contributed by atoms with Gasteiger partial charge in [-0.15, -0.1) is 0 Å². The lowest BCUT2D eigenvalue weighted by Crippen LogP contribution is -2.10. The summed E-state index contributed by atoms with van der Waals surface area (Å²) in [6, 6.07) is 0. The van der Waals surface area contributed by atoms with Gasteiger partial charge in [-0.05, 0) is 13.8 Å². The molecule has 9 heavy (non-hydrogen) atoms. The monoisotopic (exact) mass is 131 g/mol. The first kappa shape index (κ1) is 6.35. The molecule has 1 fully saturated rings. The van der Waals surface area contributed by atoms with Crippen LogP contribution < -0.4 is 0 Å². The minimum absolute atomic E-state index is 0.218. The maximum absolute atomic E-state index is 8.24. The molecule has 0 aliphatic carbocycles. The summed E-state index contributed by atoms with van der Waals surface area (Å²) in [6.45, 7) is 3.51. The minimum atomic E-state index is -0.286. The van der Waals surface area contributed by atoms with Gasteiger partial charge in [0.2, 0.25) is 0 Å². The lowest BCUT2D eigenvalue weighted by molar-refractivity contribution is -0.0293. The highest BCUT2D eigenvalue weighted by atomic mass is 16.7. The summed E-state index contributed by atoms with van der Waals surface area (Å²) >= 11 is 0. The van der Waals surface area contributed by atoms with E-state index in [0.717, 1.165) is 0 Å². The molecule has 0 unspecified atom stereocenters. The second-order valence-corrected chi connectivity index (χ2v) is 1.90. The van der Waals surface area contributed by atoms with Gasteiger partial charge in [-0.1, -0.05) is 5.16 Å². The van der Waals surface area contributed by atoms with Crippen LogP contribution >= 0.6 is 0 Å². The molecule has 0 amide bonds. The Morgan fingerprint density at radius 1 is 1.56 bits per heavy atom. The Morgan fingerprint density at radius 2 is 2.22 bits per heavy atom. The van der Waals surface area contributed by atoms with Crippen LogP contribution in [0.4, 0.5) is 0 Å². The van der Waals surface area contributed by atoms with Gasteiger partial charge < -0.3 is 14.7 Å². The molecular weight excluding hydrogens is 122 g/mol. The maximum Gasteiger partial charge on any atom is 0.257 e. The molecule has 0 bridgehead atoms. The molecule has 0 aromatic heterocycles. The number of hydrogen-bond acceptors (Lipinski definition) is 4. The Labute approximate surface area is 53.1 Å². The number of rotatable bonds is 0. The third-order valence-corrected chi connectivity index (χ3v) is 1.13.